The molecule has 0 aromatic heterocycles. The van der Waals surface area contributed by atoms with Crippen molar-refractivity contribution in [1.82, 2.24) is 5.32 Å². The van der Waals surface area contributed by atoms with Crippen molar-refractivity contribution in [2.24, 2.45) is 0 Å². The molecule has 0 spiro atoms. The Kier molecular flexibility index (Phi) is 6.88. The Balaban J connectivity index is 1.65. The molecule has 0 aliphatic carbocycles. The summed E-state index contributed by atoms with van der Waals surface area (Å²) in [7, 11) is 0. The molecule has 0 aliphatic heterocycles. The maximum Gasteiger partial charge on any atom is 0.244 e. The molecule has 0 atom stereocenters. The van der Waals surface area contributed by atoms with Crippen molar-refractivity contribution < 1.29 is 9.18 Å². The van der Waals surface area contributed by atoms with Gasteiger partial charge in [0, 0.05) is 24.1 Å². The summed E-state index contributed by atoms with van der Waals surface area (Å²) in [5, 5.41) is 2.84. The van der Waals surface area contributed by atoms with Gasteiger partial charge in [0.1, 0.15) is 5.82 Å². The summed E-state index contributed by atoms with van der Waals surface area (Å²) >= 11 is 1.80. The molecule has 2 aromatic rings. The van der Waals surface area contributed by atoms with Crippen molar-refractivity contribution in [3.05, 3.63) is 77.1 Å². The molecule has 1 amide bonds. The second-order valence-electron chi connectivity index (χ2n) is 5.15. The van der Waals surface area contributed by atoms with Gasteiger partial charge in [-0.2, -0.15) is 11.8 Å². The van der Waals surface area contributed by atoms with Crippen LogP contribution in [0.2, 0.25) is 0 Å². The fraction of sp³-hybridized carbons (Fsp3) is 0.211. The fourth-order valence-corrected chi connectivity index (χ4v) is 2.94. The number of hydrogen-bond acceptors (Lipinski definition) is 2. The first-order chi connectivity index (χ1) is 11.1. The highest BCUT2D eigenvalue weighted by Crippen LogP contribution is 2.15. The van der Waals surface area contributed by atoms with Gasteiger partial charge in [0.15, 0.2) is 0 Å². The van der Waals surface area contributed by atoms with Crippen LogP contribution in [0.25, 0.3) is 6.08 Å². The molecule has 2 aromatic carbocycles. The van der Waals surface area contributed by atoms with Crippen molar-refractivity contribution in [1.29, 1.82) is 0 Å². The Morgan fingerprint density at radius 3 is 2.65 bits per heavy atom. The highest BCUT2D eigenvalue weighted by atomic mass is 32.2. The van der Waals surface area contributed by atoms with Gasteiger partial charge in [-0.25, -0.2) is 4.39 Å². The van der Waals surface area contributed by atoms with E-state index in [2.05, 4.69) is 24.4 Å². The van der Waals surface area contributed by atoms with Crippen LogP contribution in [-0.2, 0) is 10.5 Å². The van der Waals surface area contributed by atoms with Crippen molar-refractivity contribution >= 4 is 23.7 Å². The summed E-state index contributed by atoms with van der Waals surface area (Å²) in [6.07, 6.45) is 3.15. The standard InChI is InChI=1S/C19H20FNOS/c1-15-4-2-3-5-17(15)14-23-13-12-21-19(22)11-8-16-6-9-18(20)10-7-16/h2-11H,12-14H2,1H3,(H,21,22). The average Bonchev–Trinajstić information content (AvgIpc) is 2.55. The van der Waals surface area contributed by atoms with Gasteiger partial charge in [-0.1, -0.05) is 36.4 Å². The lowest BCUT2D eigenvalue weighted by atomic mass is 10.1. The summed E-state index contributed by atoms with van der Waals surface area (Å²) in [5.74, 6) is 1.40. The van der Waals surface area contributed by atoms with Crippen LogP contribution in [0.4, 0.5) is 4.39 Å². The first kappa shape index (κ1) is 17.3. The third-order valence-corrected chi connectivity index (χ3v) is 4.37. The maximum absolute atomic E-state index is 12.8. The molecule has 0 aliphatic rings. The van der Waals surface area contributed by atoms with Crippen LogP contribution in [0.15, 0.2) is 54.6 Å². The van der Waals surface area contributed by atoms with E-state index >= 15 is 0 Å². The van der Waals surface area contributed by atoms with Gasteiger partial charge in [-0.3, -0.25) is 4.79 Å². The second kappa shape index (κ2) is 9.16. The summed E-state index contributed by atoms with van der Waals surface area (Å²) < 4.78 is 12.8. The van der Waals surface area contributed by atoms with E-state index < -0.39 is 0 Å². The van der Waals surface area contributed by atoms with Crippen LogP contribution in [0.1, 0.15) is 16.7 Å². The number of carbonyl (C=O) groups is 1. The van der Waals surface area contributed by atoms with Crippen LogP contribution < -0.4 is 5.32 Å². The molecule has 23 heavy (non-hydrogen) atoms. The van der Waals surface area contributed by atoms with Crippen LogP contribution >= 0.6 is 11.8 Å². The summed E-state index contributed by atoms with van der Waals surface area (Å²) in [5.41, 5.74) is 3.43. The molecule has 0 bridgehead atoms. The Hall–Kier alpha value is -2.07. The van der Waals surface area contributed by atoms with Gasteiger partial charge in [-0.15, -0.1) is 0 Å². The molecule has 4 heteroatoms. The number of rotatable bonds is 7. The lowest BCUT2D eigenvalue weighted by molar-refractivity contribution is -0.116. The van der Waals surface area contributed by atoms with Crippen LogP contribution in [-0.4, -0.2) is 18.2 Å². The topological polar surface area (TPSA) is 29.1 Å². The third kappa shape index (κ3) is 6.28. The van der Waals surface area contributed by atoms with Crippen molar-refractivity contribution in [2.45, 2.75) is 12.7 Å². The van der Waals surface area contributed by atoms with Gasteiger partial charge >= 0.3 is 0 Å². The molecule has 2 nitrogen and oxygen atoms in total. The Labute approximate surface area is 140 Å². The zero-order valence-electron chi connectivity index (χ0n) is 13.1. The van der Waals surface area contributed by atoms with Gasteiger partial charge in [0.25, 0.3) is 0 Å². The lowest BCUT2D eigenvalue weighted by Gasteiger charge is -2.05. The number of thioether (sulfide) groups is 1. The number of carbonyl (C=O) groups excluding carboxylic acids is 1. The smallest absolute Gasteiger partial charge is 0.244 e. The maximum atomic E-state index is 12.8. The summed E-state index contributed by atoms with van der Waals surface area (Å²) in [6, 6.07) is 14.3. The largest absolute Gasteiger partial charge is 0.352 e. The normalized spacial score (nSPS) is 10.9. The Bertz CT molecular complexity index is 667. The monoisotopic (exact) mass is 329 g/mol. The Morgan fingerprint density at radius 2 is 1.91 bits per heavy atom. The first-order valence-corrected chi connectivity index (χ1v) is 8.64. The van der Waals surface area contributed by atoms with E-state index in [1.54, 1.807) is 30.0 Å². The van der Waals surface area contributed by atoms with Gasteiger partial charge in [-0.05, 0) is 41.8 Å². The molecule has 0 radical (unpaired) electrons. The zero-order chi connectivity index (χ0) is 16.5. The molecule has 0 heterocycles. The summed E-state index contributed by atoms with van der Waals surface area (Å²) in [4.78, 5) is 11.7. The summed E-state index contributed by atoms with van der Waals surface area (Å²) in [6.45, 7) is 2.74. The average molecular weight is 329 g/mol. The first-order valence-electron chi connectivity index (χ1n) is 7.49. The molecule has 0 saturated heterocycles. The van der Waals surface area contributed by atoms with Crippen molar-refractivity contribution in [3.63, 3.8) is 0 Å². The van der Waals surface area contributed by atoms with Crippen LogP contribution in [0.5, 0.6) is 0 Å². The van der Waals surface area contributed by atoms with Crippen LogP contribution in [0.3, 0.4) is 0 Å². The fourth-order valence-electron chi connectivity index (χ4n) is 2.01. The highest BCUT2D eigenvalue weighted by molar-refractivity contribution is 7.98. The highest BCUT2D eigenvalue weighted by Gasteiger charge is 1.99. The SMILES string of the molecule is Cc1ccccc1CSCCNC(=O)C=Cc1ccc(F)cc1. The number of benzene rings is 2. The molecule has 120 valence electrons. The Morgan fingerprint density at radius 1 is 1.17 bits per heavy atom. The number of hydrogen-bond donors (Lipinski definition) is 1. The second-order valence-corrected chi connectivity index (χ2v) is 6.26. The lowest BCUT2D eigenvalue weighted by Crippen LogP contribution is -2.23. The van der Waals surface area contributed by atoms with E-state index in [1.807, 2.05) is 12.1 Å². The van der Waals surface area contributed by atoms with E-state index in [9.17, 15) is 9.18 Å². The molecular weight excluding hydrogens is 309 g/mol. The van der Waals surface area contributed by atoms with Crippen molar-refractivity contribution in [2.75, 3.05) is 12.3 Å². The molecule has 0 unspecified atom stereocenters. The van der Waals surface area contributed by atoms with E-state index in [4.69, 9.17) is 0 Å². The zero-order valence-corrected chi connectivity index (χ0v) is 13.9. The van der Waals surface area contributed by atoms with Gasteiger partial charge in [0.05, 0.1) is 0 Å². The van der Waals surface area contributed by atoms with Gasteiger partial charge in [0.2, 0.25) is 5.91 Å². The van der Waals surface area contributed by atoms with E-state index in [-0.39, 0.29) is 11.7 Å². The third-order valence-electron chi connectivity index (χ3n) is 3.36. The number of halogens is 1. The molecule has 1 N–H and O–H groups in total. The van der Waals surface area contributed by atoms with Crippen molar-refractivity contribution in [3.8, 4) is 0 Å². The quantitative estimate of drug-likeness (QED) is 0.609. The molecule has 0 saturated carbocycles. The number of nitrogens with one attached hydrogen (secondary N) is 1. The minimum Gasteiger partial charge on any atom is -0.352 e. The van der Waals surface area contributed by atoms with Gasteiger partial charge < -0.3 is 5.32 Å². The van der Waals surface area contributed by atoms with E-state index in [0.29, 0.717) is 6.54 Å². The predicted molar refractivity (Wildman–Crippen MR) is 95.8 cm³/mol. The van der Waals surface area contributed by atoms with E-state index in [0.717, 1.165) is 17.1 Å². The van der Waals surface area contributed by atoms with E-state index in [1.165, 1.54) is 29.3 Å². The minimum atomic E-state index is -0.280. The minimum absolute atomic E-state index is 0.134. The molecule has 0 fully saturated rings. The van der Waals surface area contributed by atoms with Crippen LogP contribution in [0, 0.1) is 12.7 Å². The predicted octanol–water partition coefficient (Wildman–Crippen LogP) is 4.20. The number of aryl methyl sites for hydroxylation is 1. The molecule has 2 rings (SSSR count). The molecular formula is C19H20FNOS. The number of amides is 1.